The van der Waals surface area contributed by atoms with Gasteiger partial charge >= 0.3 is 6.36 Å². The molecule has 21 heavy (non-hydrogen) atoms. The highest BCUT2D eigenvalue weighted by atomic mass is 32.1. The number of aliphatic hydroxyl groups excluding tert-OH is 1. The van der Waals surface area contributed by atoms with Crippen molar-refractivity contribution in [3.8, 4) is 5.75 Å². The van der Waals surface area contributed by atoms with Gasteiger partial charge in [-0.15, -0.1) is 24.5 Å². The Balaban J connectivity index is 2.08. The van der Waals surface area contributed by atoms with Crippen LogP contribution < -0.4 is 4.74 Å². The van der Waals surface area contributed by atoms with Gasteiger partial charge < -0.3 is 9.84 Å². The summed E-state index contributed by atoms with van der Waals surface area (Å²) in [5.41, 5.74) is 0.406. The molecule has 0 saturated carbocycles. The lowest BCUT2D eigenvalue weighted by Gasteiger charge is -2.13. The fourth-order valence-corrected chi connectivity index (χ4v) is 2.94. The van der Waals surface area contributed by atoms with Gasteiger partial charge in [0.25, 0.3) is 0 Å². The molecule has 0 fully saturated rings. The second kappa shape index (κ2) is 6.49. The van der Waals surface area contributed by atoms with E-state index in [1.54, 1.807) is 17.4 Å². The van der Waals surface area contributed by atoms with Crippen LogP contribution in [0.4, 0.5) is 13.2 Å². The molecule has 0 amide bonds. The maximum atomic E-state index is 12.2. The molecular weight excluding hydrogens is 301 g/mol. The molecule has 1 aromatic heterocycles. The number of hydrogen-bond donors (Lipinski definition) is 1. The van der Waals surface area contributed by atoms with Crippen LogP contribution in [0.25, 0.3) is 0 Å². The van der Waals surface area contributed by atoms with E-state index in [0.717, 1.165) is 11.3 Å². The van der Waals surface area contributed by atoms with Crippen molar-refractivity contribution in [3.05, 3.63) is 51.7 Å². The Hall–Kier alpha value is -1.53. The maximum Gasteiger partial charge on any atom is 0.573 e. The summed E-state index contributed by atoms with van der Waals surface area (Å²) in [4.78, 5) is 2.22. The van der Waals surface area contributed by atoms with E-state index in [4.69, 9.17) is 0 Å². The third-order valence-electron chi connectivity index (χ3n) is 2.94. The molecule has 0 spiro atoms. The van der Waals surface area contributed by atoms with Gasteiger partial charge in [-0.2, -0.15) is 0 Å². The van der Waals surface area contributed by atoms with E-state index in [1.807, 2.05) is 19.1 Å². The van der Waals surface area contributed by atoms with Crippen LogP contribution in [-0.4, -0.2) is 11.5 Å². The molecule has 0 aliphatic carbocycles. The summed E-state index contributed by atoms with van der Waals surface area (Å²) >= 11 is 1.60. The summed E-state index contributed by atoms with van der Waals surface area (Å²) in [6.45, 7) is 2.05. The number of aliphatic hydroxyl groups is 1. The molecule has 0 bridgehead atoms. The van der Waals surface area contributed by atoms with Crippen LogP contribution in [0.3, 0.4) is 0 Å². The van der Waals surface area contributed by atoms with E-state index in [9.17, 15) is 18.3 Å². The first-order valence-electron chi connectivity index (χ1n) is 6.48. The van der Waals surface area contributed by atoms with Gasteiger partial charge in [-0.05, 0) is 36.2 Å². The third-order valence-corrected chi connectivity index (χ3v) is 4.19. The quantitative estimate of drug-likeness (QED) is 0.881. The minimum atomic E-state index is -4.73. The summed E-state index contributed by atoms with van der Waals surface area (Å²) in [7, 11) is 0. The monoisotopic (exact) mass is 316 g/mol. The number of aryl methyl sites for hydroxylation is 1. The molecule has 0 aliphatic rings. The lowest BCUT2D eigenvalue weighted by molar-refractivity contribution is -0.274. The smallest absolute Gasteiger partial charge is 0.406 e. The van der Waals surface area contributed by atoms with Crippen LogP contribution in [-0.2, 0) is 12.8 Å². The van der Waals surface area contributed by atoms with Gasteiger partial charge in [0.2, 0.25) is 0 Å². The van der Waals surface area contributed by atoms with Crippen molar-refractivity contribution >= 4 is 11.3 Å². The van der Waals surface area contributed by atoms with Crippen LogP contribution >= 0.6 is 11.3 Å². The van der Waals surface area contributed by atoms with Crippen molar-refractivity contribution < 1.29 is 23.0 Å². The topological polar surface area (TPSA) is 29.5 Å². The van der Waals surface area contributed by atoms with Crippen molar-refractivity contribution in [1.29, 1.82) is 0 Å². The minimum absolute atomic E-state index is 0.320. The summed E-state index contributed by atoms with van der Waals surface area (Å²) in [5, 5.41) is 10.1. The summed E-state index contributed by atoms with van der Waals surface area (Å²) in [6.07, 6.45) is -4.28. The fraction of sp³-hybridized carbons (Fsp3) is 0.333. The minimum Gasteiger partial charge on any atom is -0.406 e. The molecule has 2 rings (SSSR count). The lowest BCUT2D eigenvalue weighted by Crippen LogP contribution is -2.17. The second-order valence-electron chi connectivity index (χ2n) is 4.56. The first kappa shape index (κ1) is 15.9. The van der Waals surface area contributed by atoms with Crippen LogP contribution in [0, 0.1) is 0 Å². The van der Waals surface area contributed by atoms with Crippen molar-refractivity contribution in [2.75, 3.05) is 0 Å². The molecule has 1 atom stereocenters. The summed E-state index contributed by atoms with van der Waals surface area (Å²) < 4.78 is 40.4. The first-order valence-corrected chi connectivity index (χ1v) is 7.30. The van der Waals surface area contributed by atoms with Gasteiger partial charge in [0.05, 0.1) is 6.10 Å². The molecule has 0 aliphatic heterocycles. The molecule has 1 unspecified atom stereocenters. The van der Waals surface area contributed by atoms with Gasteiger partial charge in [-0.25, -0.2) is 0 Å². The Bertz CT molecular complexity index is 593. The lowest BCUT2D eigenvalue weighted by atomic mass is 10.1. The standard InChI is InChI=1S/C15H15F3O2S/c1-2-12-6-7-13(21-12)9-14(19)10-4-3-5-11(8-10)20-15(16,17)18/h3-8,14,19H,2,9H2,1H3. The summed E-state index contributed by atoms with van der Waals surface area (Å²) in [6, 6.07) is 9.38. The second-order valence-corrected chi connectivity index (χ2v) is 5.81. The number of hydrogen-bond acceptors (Lipinski definition) is 3. The number of halogens is 3. The predicted molar refractivity (Wildman–Crippen MR) is 75.5 cm³/mol. The van der Waals surface area contributed by atoms with E-state index in [-0.39, 0.29) is 5.75 Å². The molecule has 0 saturated heterocycles. The molecule has 2 nitrogen and oxygen atoms in total. The van der Waals surface area contributed by atoms with Crippen LogP contribution in [0.1, 0.15) is 28.3 Å². The summed E-state index contributed by atoms with van der Waals surface area (Å²) in [5.74, 6) is -0.320. The van der Waals surface area contributed by atoms with Gasteiger partial charge in [0.15, 0.2) is 0 Å². The number of rotatable bonds is 5. The maximum absolute atomic E-state index is 12.2. The Morgan fingerprint density at radius 3 is 2.52 bits per heavy atom. The zero-order chi connectivity index (χ0) is 15.5. The Labute approximate surface area is 124 Å². The highest BCUT2D eigenvalue weighted by Gasteiger charge is 2.31. The third kappa shape index (κ3) is 4.75. The van der Waals surface area contributed by atoms with Crippen molar-refractivity contribution in [3.63, 3.8) is 0 Å². The molecule has 1 aromatic carbocycles. The van der Waals surface area contributed by atoms with E-state index in [2.05, 4.69) is 4.74 Å². The van der Waals surface area contributed by atoms with Gasteiger partial charge in [-0.3, -0.25) is 0 Å². The van der Waals surface area contributed by atoms with Crippen molar-refractivity contribution in [2.24, 2.45) is 0 Å². The SMILES string of the molecule is CCc1ccc(CC(O)c2cccc(OC(F)(F)F)c2)s1. The molecule has 114 valence electrons. The van der Waals surface area contributed by atoms with Crippen molar-refractivity contribution in [1.82, 2.24) is 0 Å². The van der Waals surface area contributed by atoms with Gasteiger partial charge in [-0.1, -0.05) is 19.1 Å². The molecule has 1 N–H and O–H groups in total. The van der Waals surface area contributed by atoms with Crippen LogP contribution in [0.2, 0.25) is 0 Å². The van der Waals surface area contributed by atoms with E-state index in [1.165, 1.54) is 23.1 Å². The van der Waals surface area contributed by atoms with Crippen molar-refractivity contribution in [2.45, 2.75) is 32.2 Å². The molecule has 2 aromatic rings. The molecular formula is C15H15F3O2S. The predicted octanol–water partition coefficient (Wildman–Crippen LogP) is 4.49. The molecule has 6 heteroatoms. The highest BCUT2D eigenvalue weighted by Crippen LogP contribution is 2.28. The van der Waals surface area contributed by atoms with E-state index in [0.29, 0.717) is 12.0 Å². The number of alkyl halides is 3. The van der Waals surface area contributed by atoms with E-state index < -0.39 is 12.5 Å². The average Bonchev–Trinajstić information content (AvgIpc) is 2.84. The molecule has 0 radical (unpaired) electrons. The highest BCUT2D eigenvalue weighted by molar-refractivity contribution is 7.11. The Morgan fingerprint density at radius 1 is 1.19 bits per heavy atom. The normalized spacial score (nSPS) is 13.2. The fourth-order valence-electron chi connectivity index (χ4n) is 1.95. The zero-order valence-corrected chi connectivity index (χ0v) is 12.2. The van der Waals surface area contributed by atoms with Crippen LogP contribution in [0.15, 0.2) is 36.4 Å². The number of ether oxygens (including phenoxy) is 1. The first-order chi connectivity index (χ1) is 9.87. The zero-order valence-electron chi connectivity index (χ0n) is 11.4. The van der Waals surface area contributed by atoms with Gasteiger partial charge in [0.1, 0.15) is 5.75 Å². The Kier molecular flexibility index (Phi) is 4.90. The molecule has 1 heterocycles. The van der Waals surface area contributed by atoms with E-state index >= 15 is 0 Å². The number of benzene rings is 1. The van der Waals surface area contributed by atoms with Crippen LogP contribution in [0.5, 0.6) is 5.75 Å². The average molecular weight is 316 g/mol. The largest absolute Gasteiger partial charge is 0.573 e. The number of thiophene rings is 1. The van der Waals surface area contributed by atoms with Gasteiger partial charge in [0, 0.05) is 16.2 Å². The Morgan fingerprint density at radius 2 is 1.90 bits per heavy atom.